The first-order chi connectivity index (χ1) is 10.2. The molecule has 0 aromatic carbocycles. The highest BCUT2D eigenvalue weighted by molar-refractivity contribution is 5.81. The monoisotopic (exact) mass is 316 g/mol. The highest BCUT2D eigenvalue weighted by Gasteiger charge is 2.63. The maximum atomic E-state index is 13.9. The number of carboxylic acids is 1. The van der Waals surface area contributed by atoms with Crippen molar-refractivity contribution in [3.8, 4) is 0 Å². The molecule has 0 spiro atoms. The highest BCUT2D eigenvalue weighted by Crippen LogP contribution is 2.65. The van der Waals surface area contributed by atoms with Gasteiger partial charge in [0, 0.05) is 0 Å². The van der Waals surface area contributed by atoms with Crippen molar-refractivity contribution >= 4 is 11.9 Å². The van der Waals surface area contributed by atoms with Crippen molar-refractivity contribution in [3.05, 3.63) is 0 Å². The first kappa shape index (κ1) is 15.7. The van der Waals surface area contributed by atoms with Crippen LogP contribution >= 0.6 is 0 Å². The van der Waals surface area contributed by atoms with Crippen LogP contribution in [0.3, 0.4) is 0 Å². The second-order valence-electron chi connectivity index (χ2n) is 7.70. The minimum atomic E-state index is -4.06. The Morgan fingerprint density at radius 1 is 1.18 bits per heavy atom. The van der Waals surface area contributed by atoms with Crippen LogP contribution in [0.2, 0.25) is 0 Å². The van der Waals surface area contributed by atoms with Gasteiger partial charge < -0.3 is 9.84 Å². The van der Waals surface area contributed by atoms with E-state index in [0.717, 1.165) is 32.1 Å². The van der Waals surface area contributed by atoms with E-state index in [-0.39, 0.29) is 5.92 Å². The fourth-order valence-corrected chi connectivity index (χ4v) is 5.11. The second kappa shape index (κ2) is 4.90. The van der Waals surface area contributed by atoms with Gasteiger partial charge in [0.05, 0.1) is 5.41 Å². The molecular formula is C16H22F2O4. The third-order valence-electron chi connectivity index (χ3n) is 5.88. The summed E-state index contributed by atoms with van der Waals surface area (Å²) >= 11 is 0. The summed E-state index contributed by atoms with van der Waals surface area (Å²) in [4.78, 5) is 23.5. The summed E-state index contributed by atoms with van der Waals surface area (Å²) in [6.45, 7) is 2.90. The van der Waals surface area contributed by atoms with Crippen molar-refractivity contribution in [1.82, 2.24) is 0 Å². The summed E-state index contributed by atoms with van der Waals surface area (Å²) in [5.41, 5.74) is -0.630. The van der Waals surface area contributed by atoms with Crippen LogP contribution in [0.15, 0.2) is 0 Å². The third kappa shape index (κ3) is 2.14. The van der Waals surface area contributed by atoms with E-state index in [4.69, 9.17) is 9.84 Å². The van der Waals surface area contributed by atoms with E-state index < -0.39 is 35.3 Å². The molecule has 0 aliphatic heterocycles. The van der Waals surface area contributed by atoms with Gasteiger partial charge >= 0.3 is 17.9 Å². The van der Waals surface area contributed by atoms with Crippen LogP contribution in [-0.4, -0.2) is 29.1 Å². The molecule has 4 bridgehead atoms. The number of esters is 1. The van der Waals surface area contributed by atoms with Crippen molar-refractivity contribution in [3.63, 3.8) is 0 Å². The van der Waals surface area contributed by atoms with Gasteiger partial charge in [-0.25, -0.2) is 4.79 Å². The van der Waals surface area contributed by atoms with Gasteiger partial charge in [-0.2, -0.15) is 8.78 Å². The molecule has 0 aromatic heterocycles. The summed E-state index contributed by atoms with van der Waals surface area (Å²) in [7, 11) is 0. The van der Waals surface area contributed by atoms with Crippen molar-refractivity contribution in [2.24, 2.45) is 29.1 Å². The Hall–Kier alpha value is -1.20. The van der Waals surface area contributed by atoms with Crippen LogP contribution in [0.1, 0.15) is 46.0 Å². The molecule has 4 aliphatic rings. The molecule has 0 amide bonds. The van der Waals surface area contributed by atoms with Gasteiger partial charge in [-0.05, 0) is 55.8 Å². The van der Waals surface area contributed by atoms with Gasteiger partial charge in [-0.1, -0.05) is 13.8 Å². The largest absolute Gasteiger partial charge is 0.477 e. The van der Waals surface area contributed by atoms with Crippen LogP contribution in [0.5, 0.6) is 0 Å². The van der Waals surface area contributed by atoms with Crippen LogP contribution in [-0.2, 0) is 14.3 Å². The lowest BCUT2D eigenvalue weighted by Crippen LogP contribution is -2.49. The molecule has 0 heterocycles. The van der Waals surface area contributed by atoms with E-state index in [1.165, 1.54) is 13.8 Å². The highest BCUT2D eigenvalue weighted by atomic mass is 19.3. The lowest BCUT2D eigenvalue weighted by atomic mass is 9.75. The number of carboxylic acid groups (broad SMARTS) is 1. The van der Waals surface area contributed by atoms with Crippen LogP contribution in [0, 0.1) is 29.1 Å². The quantitative estimate of drug-likeness (QED) is 0.792. The summed E-state index contributed by atoms with van der Waals surface area (Å²) in [6, 6.07) is 0. The van der Waals surface area contributed by atoms with Crippen molar-refractivity contribution in [1.29, 1.82) is 0 Å². The molecule has 0 radical (unpaired) electrons. The van der Waals surface area contributed by atoms with E-state index in [0.29, 0.717) is 11.8 Å². The van der Waals surface area contributed by atoms with E-state index in [9.17, 15) is 18.4 Å². The molecule has 124 valence electrons. The zero-order valence-electron chi connectivity index (χ0n) is 12.9. The molecule has 1 N–H and O–H groups in total. The molecule has 4 nitrogen and oxygen atoms in total. The van der Waals surface area contributed by atoms with Crippen molar-refractivity contribution in [2.75, 3.05) is 0 Å². The van der Waals surface area contributed by atoms with Gasteiger partial charge in [0.2, 0.25) is 0 Å². The van der Waals surface area contributed by atoms with E-state index in [2.05, 4.69) is 0 Å². The van der Waals surface area contributed by atoms with Gasteiger partial charge in [0.25, 0.3) is 0 Å². The molecule has 22 heavy (non-hydrogen) atoms. The first-order valence-corrected chi connectivity index (χ1v) is 7.99. The molecular weight excluding hydrogens is 294 g/mol. The topological polar surface area (TPSA) is 63.6 Å². The summed E-state index contributed by atoms with van der Waals surface area (Å²) in [5.74, 6) is -6.42. The molecule has 3 unspecified atom stereocenters. The summed E-state index contributed by atoms with van der Waals surface area (Å²) < 4.78 is 32.8. The standard InChI is InChI=1S/C16H22F2O4/c1-8(2)12(16(17,18)13(19)20)22-14(21)15-6-9-3-10(7-15)5-11(15)4-9/h8-12H,3-7H2,1-2H3,(H,19,20). The van der Waals surface area contributed by atoms with Gasteiger partial charge in [-0.3, -0.25) is 4.79 Å². The number of carbonyl (C=O) groups is 2. The second-order valence-corrected chi connectivity index (χ2v) is 7.70. The Morgan fingerprint density at radius 3 is 2.18 bits per heavy atom. The predicted octanol–water partition coefficient (Wildman–Crippen LogP) is 3.10. The molecule has 0 saturated heterocycles. The van der Waals surface area contributed by atoms with Crippen LogP contribution in [0.4, 0.5) is 8.78 Å². The van der Waals surface area contributed by atoms with Gasteiger partial charge in [0.15, 0.2) is 6.10 Å². The molecule has 6 heteroatoms. The zero-order chi connectivity index (χ0) is 16.3. The number of alkyl halides is 2. The molecule has 4 saturated carbocycles. The maximum Gasteiger partial charge on any atom is 0.378 e. The molecule has 4 aliphatic carbocycles. The number of halogens is 2. The minimum Gasteiger partial charge on any atom is -0.477 e. The molecule has 4 fully saturated rings. The predicted molar refractivity (Wildman–Crippen MR) is 73.3 cm³/mol. The van der Waals surface area contributed by atoms with Crippen molar-refractivity contribution < 1.29 is 28.2 Å². The average molecular weight is 316 g/mol. The lowest BCUT2D eigenvalue weighted by Gasteiger charge is -2.34. The number of hydrogen-bond donors (Lipinski definition) is 1. The smallest absolute Gasteiger partial charge is 0.378 e. The van der Waals surface area contributed by atoms with E-state index in [1.807, 2.05) is 0 Å². The maximum absolute atomic E-state index is 13.9. The fraction of sp³-hybridized carbons (Fsp3) is 0.875. The minimum absolute atomic E-state index is 0.231. The summed E-state index contributed by atoms with van der Waals surface area (Å²) in [5, 5.41) is 8.73. The lowest BCUT2D eigenvalue weighted by molar-refractivity contribution is -0.205. The Bertz CT molecular complexity index is 488. The summed E-state index contributed by atoms with van der Waals surface area (Å²) in [6.07, 6.45) is 2.61. The first-order valence-electron chi connectivity index (χ1n) is 7.99. The van der Waals surface area contributed by atoms with Crippen molar-refractivity contribution in [2.45, 2.75) is 58.0 Å². The average Bonchev–Trinajstić information content (AvgIpc) is 2.81. The van der Waals surface area contributed by atoms with Crippen LogP contribution in [0.25, 0.3) is 0 Å². The Balaban J connectivity index is 1.80. The Kier molecular flexibility index (Phi) is 3.49. The Morgan fingerprint density at radius 2 is 1.73 bits per heavy atom. The van der Waals surface area contributed by atoms with Gasteiger partial charge in [0.1, 0.15) is 0 Å². The molecule has 4 rings (SSSR count). The van der Waals surface area contributed by atoms with E-state index >= 15 is 0 Å². The number of hydrogen-bond acceptors (Lipinski definition) is 3. The normalized spacial score (nSPS) is 37.6. The number of rotatable bonds is 5. The van der Waals surface area contributed by atoms with Gasteiger partial charge in [-0.15, -0.1) is 0 Å². The fourth-order valence-electron chi connectivity index (χ4n) is 5.11. The van der Waals surface area contributed by atoms with Crippen LogP contribution < -0.4 is 0 Å². The number of aliphatic carboxylic acids is 1. The third-order valence-corrected chi connectivity index (χ3v) is 5.88. The molecule has 0 aromatic rings. The SMILES string of the molecule is CC(C)C(OC(=O)C12CC3CC(CC1C3)C2)C(F)(F)C(=O)O. The Labute approximate surface area is 128 Å². The number of ether oxygens (including phenoxy) is 1. The molecule has 3 atom stereocenters. The zero-order valence-corrected chi connectivity index (χ0v) is 12.9. The number of carbonyl (C=O) groups excluding carboxylic acids is 1. The van der Waals surface area contributed by atoms with E-state index in [1.54, 1.807) is 0 Å².